The molecule has 12 heteroatoms. The highest BCUT2D eigenvalue weighted by Crippen LogP contribution is 2.36. The van der Waals surface area contributed by atoms with Gasteiger partial charge in [0.15, 0.2) is 5.75 Å². The average Bonchev–Trinajstić information content (AvgIpc) is 3.91. The molecule has 3 aromatic carbocycles. The molecule has 3 aromatic rings. The van der Waals surface area contributed by atoms with Gasteiger partial charge >= 0.3 is 6.09 Å². The zero-order valence-corrected chi connectivity index (χ0v) is 28.6. The van der Waals surface area contributed by atoms with E-state index in [0.29, 0.717) is 51.7 Å². The van der Waals surface area contributed by atoms with Gasteiger partial charge in [0, 0.05) is 30.2 Å². The maximum atomic E-state index is 14.4. The molecule has 0 spiro atoms. The van der Waals surface area contributed by atoms with E-state index in [1.165, 1.54) is 7.05 Å². The van der Waals surface area contributed by atoms with Crippen molar-refractivity contribution in [3.05, 3.63) is 97.5 Å². The maximum absolute atomic E-state index is 14.4. The molecule has 1 aliphatic carbocycles. The van der Waals surface area contributed by atoms with Gasteiger partial charge in [0.2, 0.25) is 0 Å². The van der Waals surface area contributed by atoms with Crippen LogP contribution in [0.4, 0.5) is 4.79 Å². The Bertz CT molecular complexity index is 1600. The SMILES string of the molecule is CNC(=O)OCc1ccc(Cl)c(CN(C(=O)C2=C(c3ccc(OCCOc4c(Cl)cc(C)cc4Cl)cc3)CCN[C@@H]2CO)C2CC2)c1. The monoisotopic (exact) mass is 701 g/mol. The van der Waals surface area contributed by atoms with Crippen LogP contribution >= 0.6 is 34.8 Å². The van der Waals surface area contributed by atoms with Gasteiger partial charge in [0.1, 0.15) is 25.6 Å². The number of ether oxygens (including phenoxy) is 3. The highest BCUT2D eigenvalue weighted by atomic mass is 35.5. The molecule has 1 aliphatic heterocycles. The van der Waals surface area contributed by atoms with Gasteiger partial charge in [-0.2, -0.15) is 0 Å². The third-order valence-corrected chi connectivity index (χ3v) is 9.00. The predicted molar refractivity (Wildman–Crippen MR) is 183 cm³/mol. The fourth-order valence-electron chi connectivity index (χ4n) is 5.58. The minimum Gasteiger partial charge on any atom is -0.490 e. The Morgan fingerprint density at radius 3 is 2.34 bits per heavy atom. The number of alkyl carbamates (subject to hydrolysis) is 1. The second-order valence-corrected chi connectivity index (χ2v) is 12.7. The smallest absolute Gasteiger partial charge is 0.407 e. The van der Waals surface area contributed by atoms with Crippen LogP contribution in [-0.2, 0) is 22.7 Å². The standard InChI is InChI=1S/C35H38Cl3N3O6/c1-21-15-29(37)33(30(38)16-21)46-14-13-45-26-8-4-23(5-9-26)27-11-12-40-31(19-42)32(27)34(43)41(25-6-7-25)18-24-17-22(3-10-28(24)36)20-47-35(44)39-2/h3-5,8-10,15-17,25,31,40,42H,6-7,11-14,18-20H2,1-2H3,(H,39,44)/t31-/m1/s1. The first-order valence-electron chi connectivity index (χ1n) is 15.5. The van der Waals surface area contributed by atoms with Crippen LogP contribution in [0, 0.1) is 6.92 Å². The molecule has 1 atom stereocenters. The van der Waals surface area contributed by atoms with Crippen molar-refractivity contribution in [1.29, 1.82) is 0 Å². The summed E-state index contributed by atoms with van der Waals surface area (Å²) in [5.74, 6) is 0.938. The fraction of sp³-hybridized carbons (Fsp3) is 0.371. The first-order valence-corrected chi connectivity index (χ1v) is 16.6. The molecule has 0 unspecified atom stereocenters. The van der Waals surface area contributed by atoms with Crippen molar-refractivity contribution in [2.24, 2.45) is 0 Å². The van der Waals surface area contributed by atoms with Crippen molar-refractivity contribution in [3.8, 4) is 11.5 Å². The molecule has 47 heavy (non-hydrogen) atoms. The van der Waals surface area contributed by atoms with E-state index in [9.17, 15) is 14.7 Å². The first kappa shape index (κ1) is 34.9. The quantitative estimate of drug-likeness (QED) is 0.173. The molecule has 0 bridgehead atoms. The lowest BCUT2D eigenvalue weighted by Gasteiger charge is -2.33. The molecule has 1 fully saturated rings. The Hall–Kier alpha value is -3.47. The van der Waals surface area contributed by atoms with Crippen LogP contribution < -0.4 is 20.1 Å². The maximum Gasteiger partial charge on any atom is 0.407 e. The van der Waals surface area contributed by atoms with E-state index in [0.717, 1.165) is 40.7 Å². The number of hydrogen-bond donors (Lipinski definition) is 3. The van der Waals surface area contributed by atoms with Crippen LogP contribution in [-0.4, -0.2) is 67.5 Å². The van der Waals surface area contributed by atoms with Crippen molar-refractivity contribution in [2.45, 2.75) is 51.4 Å². The molecule has 9 nitrogen and oxygen atoms in total. The van der Waals surface area contributed by atoms with Crippen molar-refractivity contribution < 1.29 is 28.9 Å². The topological polar surface area (TPSA) is 109 Å². The summed E-state index contributed by atoms with van der Waals surface area (Å²) >= 11 is 19.1. The van der Waals surface area contributed by atoms with E-state index in [4.69, 9.17) is 49.0 Å². The van der Waals surface area contributed by atoms with Crippen LogP contribution in [0.15, 0.2) is 60.2 Å². The Balaban J connectivity index is 1.31. The number of carbonyl (C=O) groups excluding carboxylic acids is 2. The summed E-state index contributed by atoms with van der Waals surface area (Å²) in [6.45, 7) is 3.22. The lowest BCUT2D eigenvalue weighted by atomic mass is 9.88. The third kappa shape index (κ3) is 8.91. The van der Waals surface area contributed by atoms with Gasteiger partial charge in [-0.05, 0) is 97.0 Å². The van der Waals surface area contributed by atoms with Crippen LogP contribution in [0.25, 0.3) is 5.57 Å². The van der Waals surface area contributed by atoms with Crippen molar-refractivity contribution >= 4 is 52.4 Å². The molecule has 2 amide bonds. The number of halogens is 3. The molecule has 0 aromatic heterocycles. The normalized spacial score (nSPS) is 16.1. The van der Waals surface area contributed by atoms with E-state index in [2.05, 4.69) is 10.6 Å². The van der Waals surface area contributed by atoms with Gasteiger partial charge in [-0.15, -0.1) is 0 Å². The van der Waals surface area contributed by atoms with E-state index >= 15 is 0 Å². The van der Waals surface area contributed by atoms with Crippen LogP contribution in [0.1, 0.15) is 41.5 Å². The number of rotatable bonds is 13. The number of amides is 2. The Labute approximate surface area is 289 Å². The number of nitrogens with zero attached hydrogens (tertiary/aromatic N) is 1. The Morgan fingerprint density at radius 2 is 1.68 bits per heavy atom. The van der Waals surface area contributed by atoms with Gasteiger partial charge < -0.3 is 34.9 Å². The van der Waals surface area contributed by atoms with Crippen LogP contribution in [0.5, 0.6) is 11.5 Å². The summed E-state index contributed by atoms with van der Waals surface area (Å²) in [4.78, 5) is 27.8. The van der Waals surface area contributed by atoms with E-state index < -0.39 is 12.1 Å². The number of carbonyl (C=O) groups is 2. The van der Waals surface area contributed by atoms with Crippen LogP contribution in [0.3, 0.4) is 0 Å². The Kier molecular flexibility index (Phi) is 11.9. The summed E-state index contributed by atoms with van der Waals surface area (Å²) in [7, 11) is 1.50. The number of aliphatic hydroxyl groups excluding tert-OH is 1. The van der Waals surface area contributed by atoms with Gasteiger partial charge in [0.05, 0.1) is 22.7 Å². The van der Waals surface area contributed by atoms with Crippen LogP contribution in [0.2, 0.25) is 15.1 Å². The number of aliphatic hydroxyl groups is 1. The summed E-state index contributed by atoms with van der Waals surface area (Å²) in [5.41, 5.74) is 4.79. The zero-order chi connectivity index (χ0) is 33.5. The Morgan fingerprint density at radius 1 is 0.979 bits per heavy atom. The molecule has 3 N–H and O–H groups in total. The summed E-state index contributed by atoms with van der Waals surface area (Å²) in [6, 6.07) is 16.1. The number of nitrogens with one attached hydrogen (secondary N) is 2. The van der Waals surface area contributed by atoms with Crippen molar-refractivity contribution in [1.82, 2.24) is 15.5 Å². The molecule has 2 aliphatic rings. The largest absolute Gasteiger partial charge is 0.490 e. The highest BCUT2D eigenvalue weighted by Gasteiger charge is 2.38. The molecule has 250 valence electrons. The lowest BCUT2D eigenvalue weighted by molar-refractivity contribution is -0.128. The summed E-state index contributed by atoms with van der Waals surface area (Å²) in [6.07, 6.45) is 1.87. The third-order valence-electron chi connectivity index (χ3n) is 8.07. The van der Waals surface area contributed by atoms with E-state index in [1.807, 2.05) is 42.2 Å². The van der Waals surface area contributed by atoms with E-state index in [1.54, 1.807) is 24.3 Å². The fourth-order valence-corrected chi connectivity index (χ4v) is 6.47. The minimum absolute atomic E-state index is 0.0713. The van der Waals surface area contributed by atoms with Gasteiger partial charge in [0.25, 0.3) is 5.91 Å². The number of hydrogen-bond acceptors (Lipinski definition) is 7. The first-order chi connectivity index (χ1) is 22.7. The molecule has 1 heterocycles. The number of aryl methyl sites for hydroxylation is 1. The minimum atomic E-state index is -0.530. The van der Waals surface area contributed by atoms with E-state index in [-0.39, 0.29) is 38.4 Å². The predicted octanol–water partition coefficient (Wildman–Crippen LogP) is 6.57. The molecule has 5 rings (SSSR count). The molecular weight excluding hydrogens is 665 g/mol. The summed E-state index contributed by atoms with van der Waals surface area (Å²) < 4.78 is 16.8. The van der Waals surface area contributed by atoms with Gasteiger partial charge in [-0.25, -0.2) is 4.79 Å². The molecule has 0 saturated heterocycles. The lowest BCUT2D eigenvalue weighted by Crippen LogP contribution is -2.46. The second kappa shape index (κ2) is 16.1. The van der Waals surface area contributed by atoms with Gasteiger partial charge in [-0.3, -0.25) is 4.79 Å². The molecule has 1 saturated carbocycles. The highest BCUT2D eigenvalue weighted by molar-refractivity contribution is 6.37. The second-order valence-electron chi connectivity index (χ2n) is 11.5. The van der Waals surface area contributed by atoms with Gasteiger partial charge in [-0.1, -0.05) is 53.0 Å². The molecule has 0 radical (unpaired) electrons. The number of benzene rings is 3. The molecular formula is C35H38Cl3N3O6. The van der Waals surface area contributed by atoms with Crippen molar-refractivity contribution in [2.75, 3.05) is 33.4 Å². The average molecular weight is 703 g/mol. The zero-order valence-electron chi connectivity index (χ0n) is 26.3. The summed E-state index contributed by atoms with van der Waals surface area (Å²) in [5, 5.41) is 17.5. The van der Waals surface area contributed by atoms with Crippen molar-refractivity contribution in [3.63, 3.8) is 0 Å².